The van der Waals surface area contributed by atoms with Crippen molar-refractivity contribution >= 4 is 11.7 Å². The van der Waals surface area contributed by atoms with Crippen molar-refractivity contribution in [2.75, 3.05) is 11.9 Å². The fourth-order valence-corrected chi connectivity index (χ4v) is 3.19. The topological polar surface area (TPSA) is 77.3 Å². The SMILES string of the molecule is CCc1ccc(CC)c(-c2nonc2NC(=O)COc2ccc(C(C)(C)C)cc2)c1. The Balaban J connectivity index is 1.69. The van der Waals surface area contributed by atoms with E-state index in [0.717, 1.165) is 24.0 Å². The van der Waals surface area contributed by atoms with E-state index in [9.17, 15) is 4.79 Å². The van der Waals surface area contributed by atoms with Gasteiger partial charge in [-0.3, -0.25) is 4.79 Å². The summed E-state index contributed by atoms with van der Waals surface area (Å²) < 4.78 is 10.5. The average Bonchev–Trinajstić information content (AvgIpc) is 3.19. The molecule has 0 saturated carbocycles. The molecule has 0 aliphatic rings. The molecule has 30 heavy (non-hydrogen) atoms. The molecule has 3 aromatic rings. The third-order valence-corrected chi connectivity index (χ3v) is 5.06. The van der Waals surface area contributed by atoms with E-state index in [4.69, 9.17) is 9.37 Å². The second-order valence-electron chi connectivity index (χ2n) is 8.27. The molecule has 1 aromatic heterocycles. The number of nitrogens with zero attached hydrogens (tertiary/aromatic N) is 2. The van der Waals surface area contributed by atoms with Crippen molar-refractivity contribution in [3.8, 4) is 17.0 Å². The fourth-order valence-electron chi connectivity index (χ4n) is 3.19. The molecule has 0 atom stereocenters. The quantitative estimate of drug-likeness (QED) is 0.584. The molecule has 1 N–H and O–H groups in total. The molecule has 158 valence electrons. The van der Waals surface area contributed by atoms with Gasteiger partial charge in [-0.1, -0.05) is 58.9 Å². The molecule has 0 radical (unpaired) electrons. The Morgan fingerprint density at radius 3 is 2.40 bits per heavy atom. The summed E-state index contributed by atoms with van der Waals surface area (Å²) in [5.41, 5.74) is 5.03. The highest BCUT2D eigenvalue weighted by molar-refractivity contribution is 5.94. The van der Waals surface area contributed by atoms with E-state index >= 15 is 0 Å². The van der Waals surface area contributed by atoms with Crippen molar-refractivity contribution in [3.63, 3.8) is 0 Å². The summed E-state index contributed by atoms with van der Waals surface area (Å²) in [5, 5.41) is 10.7. The molecular formula is C24H29N3O3. The third kappa shape index (κ3) is 5.06. The Labute approximate surface area is 177 Å². The lowest BCUT2D eigenvalue weighted by Crippen LogP contribution is -2.21. The van der Waals surface area contributed by atoms with E-state index < -0.39 is 0 Å². The lowest BCUT2D eigenvalue weighted by atomic mass is 9.87. The van der Waals surface area contributed by atoms with Crippen LogP contribution in [0.3, 0.4) is 0 Å². The highest BCUT2D eigenvalue weighted by Gasteiger charge is 2.18. The van der Waals surface area contributed by atoms with E-state index in [0.29, 0.717) is 17.3 Å². The van der Waals surface area contributed by atoms with Crippen LogP contribution in [-0.4, -0.2) is 22.8 Å². The van der Waals surface area contributed by atoms with Crippen LogP contribution in [0.25, 0.3) is 11.3 Å². The molecule has 0 bridgehead atoms. The lowest BCUT2D eigenvalue weighted by Gasteiger charge is -2.19. The first kappa shape index (κ1) is 21.6. The zero-order valence-electron chi connectivity index (χ0n) is 18.3. The first-order valence-corrected chi connectivity index (χ1v) is 10.3. The molecule has 3 rings (SSSR count). The van der Waals surface area contributed by atoms with Crippen LogP contribution in [0.15, 0.2) is 47.1 Å². The Kier molecular flexibility index (Phi) is 6.55. The number of ether oxygens (including phenoxy) is 1. The van der Waals surface area contributed by atoms with Crippen LogP contribution in [0.4, 0.5) is 5.82 Å². The van der Waals surface area contributed by atoms with Gasteiger partial charge in [-0.15, -0.1) is 0 Å². The van der Waals surface area contributed by atoms with Crippen molar-refractivity contribution < 1.29 is 14.2 Å². The fraction of sp³-hybridized carbons (Fsp3) is 0.375. The minimum absolute atomic E-state index is 0.0681. The van der Waals surface area contributed by atoms with Crippen LogP contribution in [0.1, 0.15) is 51.3 Å². The van der Waals surface area contributed by atoms with Crippen molar-refractivity contribution in [1.29, 1.82) is 0 Å². The zero-order chi connectivity index (χ0) is 21.7. The van der Waals surface area contributed by atoms with Gasteiger partial charge in [-0.2, -0.15) is 0 Å². The first-order chi connectivity index (χ1) is 14.3. The van der Waals surface area contributed by atoms with Gasteiger partial charge in [-0.25, -0.2) is 4.63 Å². The van der Waals surface area contributed by atoms with Gasteiger partial charge in [0.2, 0.25) is 5.82 Å². The zero-order valence-corrected chi connectivity index (χ0v) is 18.3. The minimum Gasteiger partial charge on any atom is -0.484 e. The van der Waals surface area contributed by atoms with Gasteiger partial charge in [-0.05, 0) is 63.5 Å². The monoisotopic (exact) mass is 407 g/mol. The molecule has 6 nitrogen and oxygen atoms in total. The summed E-state index contributed by atoms with van der Waals surface area (Å²) in [6.07, 6.45) is 1.75. The van der Waals surface area contributed by atoms with Gasteiger partial charge in [0, 0.05) is 5.56 Å². The number of carbonyl (C=O) groups is 1. The van der Waals surface area contributed by atoms with E-state index in [1.807, 2.05) is 24.3 Å². The maximum Gasteiger partial charge on any atom is 0.263 e. The van der Waals surface area contributed by atoms with Crippen LogP contribution < -0.4 is 10.1 Å². The van der Waals surface area contributed by atoms with Crippen LogP contribution in [-0.2, 0) is 23.1 Å². The van der Waals surface area contributed by atoms with Crippen LogP contribution in [0.2, 0.25) is 0 Å². The van der Waals surface area contributed by atoms with E-state index in [2.05, 4.69) is 68.4 Å². The largest absolute Gasteiger partial charge is 0.484 e. The molecule has 0 unspecified atom stereocenters. The molecule has 1 heterocycles. The van der Waals surface area contributed by atoms with Crippen molar-refractivity contribution in [3.05, 3.63) is 59.2 Å². The number of aryl methyl sites for hydroxylation is 2. The van der Waals surface area contributed by atoms with Crippen molar-refractivity contribution in [1.82, 2.24) is 10.3 Å². The van der Waals surface area contributed by atoms with E-state index in [-0.39, 0.29) is 17.9 Å². The molecule has 1 amide bonds. The molecule has 0 fully saturated rings. The van der Waals surface area contributed by atoms with Gasteiger partial charge >= 0.3 is 0 Å². The number of rotatable bonds is 7. The Morgan fingerprint density at radius 1 is 1.03 bits per heavy atom. The molecule has 0 spiro atoms. The van der Waals surface area contributed by atoms with Crippen molar-refractivity contribution in [2.45, 2.75) is 52.9 Å². The maximum absolute atomic E-state index is 12.4. The number of benzene rings is 2. The summed E-state index contributed by atoms with van der Waals surface area (Å²) >= 11 is 0. The molecule has 2 aromatic carbocycles. The molecule has 0 saturated heterocycles. The molecule has 6 heteroatoms. The highest BCUT2D eigenvalue weighted by atomic mass is 16.6. The minimum atomic E-state index is -0.323. The predicted molar refractivity (Wildman–Crippen MR) is 118 cm³/mol. The van der Waals surface area contributed by atoms with Gasteiger partial charge in [0.15, 0.2) is 12.3 Å². The van der Waals surface area contributed by atoms with Gasteiger partial charge < -0.3 is 10.1 Å². The summed E-state index contributed by atoms with van der Waals surface area (Å²) in [7, 11) is 0. The number of hydrogen-bond donors (Lipinski definition) is 1. The lowest BCUT2D eigenvalue weighted by molar-refractivity contribution is -0.118. The molecular weight excluding hydrogens is 378 g/mol. The Hall–Kier alpha value is -3.15. The van der Waals surface area contributed by atoms with Crippen LogP contribution >= 0.6 is 0 Å². The van der Waals surface area contributed by atoms with Gasteiger partial charge in [0.25, 0.3) is 5.91 Å². The second kappa shape index (κ2) is 9.11. The normalized spacial score (nSPS) is 11.4. The smallest absolute Gasteiger partial charge is 0.263 e. The summed E-state index contributed by atoms with van der Waals surface area (Å²) in [6.45, 7) is 10.5. The summed E-state index contributed by atoms with van der Waals surface area (Å²) in [4.78, 5) is 12.4. The van der Waals surface area contributed by atoms with Gasteiger partial charge in [0.1, 0.15) is 5.75 Å². The highest BCUT2D eigenvalue weighted by Crippen LogP contribution is 2.29. The summed E-state index contributed by atoms with van der Waals surface area (Å²) in [6, 6.07) is 14.0. The standard InChI is InChI=1S/C24H29N3O3/c1-6-16-8-9-17(7-2)20(14-16)22-23(27-30-26-22)25-21(28)15-29-19-12-10-18(11-13-19)24(3,4)5/h8-14H,6-7,15H2,1-5H3,(H,25,27,28). The average molecular weight is 408 g/mol. The van der Waals surface area contributed by atoms with Gasteiger partial charge in [0.05, 0.1) is 0 Å². The number of carbonyl (C=O) groups excluding carboxylic acids is 1. The van der Waals surface area contributed by atoms with Crippen LogP contribution in [0, 0.1) is 0 Å². The maximum atomic E-state index is 12.4. The number of aromatic nitrogens is 2. The number of anilines is 1. The molecule has 0 aliphatic heterocycles. The van der Waals surface area contributed by atoms with Crippen molar-refractivity contribution in [2.24, 2.45) is 0 Å². The predicted octanol–water partition coefficient (Wildman–Crippen LogP) is 5.18. The first-order valence-electron chi connectivity index (χ1n) is 10.3. The molecule has 0 aliphatic carbocycles. The Bertz CT molecular complexity index is 1000. The number of amides is 1. The number of nitrogens with one attached hydrogen (secondary N) is 1. The van der Waals surface area contributed by atoms with E-state index in [1.54, 1.807) is 0 Å². The van der Waals surface area contributed by atoms with E-state index in [1.165, 1.54) is 11.1 Å². The Morgan fingerprint density at radius 2 is 1.77 bits per heavy atom. The number of hydrogen-bond acceptors (Lipinski definition) is 5. The summed E-state index contributed by atoms with van der Waals surface area (Å²) in [5.74, 6) is 0.617. The van der Waals surface area contributed by atoms with Crippen LogP contribution in [0.5, 0.6) is 5.75 Å². The second-order valence-corrected chi connectivity index (χ2v) is 8.27. The third-order valence-electron chi connectivity index (χ3n) is 5.06.